The Balaban J connectivity index is 1.58. The van der Waals surface area contributed by atoms with Gasteiger partial charge in [-0.15, -0.1) is 0 Å². The zero-order chi connectivity index (χ0) is 22.9. The average Bonchev–Trinajstić information content (AvgIpc) is 3.50. The molecule has 2 aromatic carbocycles. The second-order valence-corrected chi connectivity index (χ2v) is 7.80. The van der Waals surface area contributed by atoms with Crippen molar-refractivity contribution in [2.24, 2.45) is 0 Å². The molecule has 7 nitrogen and oxygen atoms in total. The van der Waals surface area contributed by atoms with Crippen LogP contribution in [0.3, 0.4) is 0 Å². The Kier molecular flexibility index (Phi) is 5.22. The van der Waals surface area contributed by atoms with Crippen molar-refractivity contribution in [3.63, 3.8) is 0 Å². The summed E-state index contributed by atoms with van der Waals surface area (Å²) in [6, 6.07) is 19.5. The van der Waals surface area contributed by atoms with Crippen molar-refractivity contribution in [1.82, 2.24) is 14.3 Å². The standard InChI is InChI=1S/C26H24N4O3/c1-17-13-23(24-5-4-12-33-24)30(28-17)20-8-6-18-10-11-29(26(27)22(18)14-20)16-19-7-9-21(31-2)15-25(19)32-3/h4-15,27H,16H2,1-3H3. The Morgan fingerprint density at radius 3 is 2.64 bits per heavy atom. The van der Waals surface area contributed by atoms with E-state index in [4.69, 9.17) is 19.3 Å². The van der Waals surface area contributed by atoms with E-state index in [2.05, 4.69) is 5.10 Å². The van der Waals surface area contributed by atoms with Crippen molar-refractivity contribution >= 4 is 10.8 Å². The summed E-state index contributed by atoms with van der Waals surface area (Å²) in [7, 11) is 3.27. The van der Waals surface area contributed by atoms with Crippen molar-refractivity contribution in [1.29, 1.82) is 5.41 Å². The molecule has 5 rings (SSSR count). The maximum absolute atomic E-state index is 8.90. The number of pyridine rings is 1. The molecule has 0 aliphatic heterocycles. The minimum Gasteiger partial charge on any atom is -0.497 e. The molecule has 0 fully saturated rings. The van der Waals surface area contributed by atoms with E-state index in [1.165, 1.54) is 0 Å². The first-order valence-electron chi connectivity index (χ1n) is 10.6. The Morgan fingerprint density at radius 1 is 1.00 bits per heavy atom. The van der Waals surface area contributed by atoms with Gasteiger partial charge in [-0.1, -0.05) is 6.07 Å². The quantitative estimate of drug-likeness (QED) is 0.406. The fourth-order valence-electron chi connectivity index (χ4n) is 4.02. The lowest BCUT2D eigenvalue weighted by molar-refractivity contribution is 0.390. The number of furan rings is 1. The van der Waals surface area contributed by atoms with Crippen LogP contribution in [-0.4, -0.2) is 28.6 Å². The molecule has 0 atom stereocenters. The summed E-state index contributed by atoms with van der Waals surface area (Å²) in [6.45, 7) is 2.46. The van der Waals surface area contributed by atoms with E-state index in [1.807, 2.05) is 83.0 Å². The number of hydrogen-bond acceptors (Lipinski definition) is 5. The van der Waals surface area contributed by atoms with Crippen molar-refractivity contribution in [2.75, 3.05) is 14.2 Å². The predicted octanol–water partition coefficient (Wildman–Crippen LogP) is 4.94. The lowest BCUT2D eigenvalue weighted by Gasteiger charge is -2.14. The summed E-state index contributed by atoms with van der Waals surface area (Å²) < 4.78 is 20.2. The fourth-order valence-corrected chi connectivity index (χ4v) is 4.02. The third-order valence-electron chi connectivity index (χ3n) is 5.70. The van der Waals surface area contributed by atoms with Crippen molar-refractivity contribution in [3.05, 3.63) is 89.9 Å². The summed E-state index contributed by atoms with van der Waals surface area (Å²) in [6.07, 6.45) is 3.58. The number of hydrogen-bond donors (Lipinski definition) is 1. The van der Waals surface area contributed by atoms with Gasteiger partial charge in [0, 0.05) is 23.2 Å². The fraction of sp³-hybridized carbons (Fsp3) is 0.154. The Hall–Kier alpha value is -4.26. The van der Waals surface area contributed by atoms with Gasteiger partial charge in [0.1, 0.15) is 22.7 Å². The Bertz CT molecular complexity index is 1500. The number of nitrogens with zero attached hydrogens (tertiary/aromatic N) is 3. The van der Waals surface area contributed by atoms with Crippen LogP contribution in [0.1, 0.15) is 11.3 Å². The Labute approximate surface area is 190 Å². The third kappa shape index (κ3) is 3.78. The highest BCUT2D eigenvalue weighted by Crippen LogP contribution is 2.27. The lowest BCUT2D eigenvalue weighted by Crippen LogP contribution is -2.20. The first-order chi connectivity index (χ1) is 16.1. The molecule has 7 heteroatoms. The first kappa shape index (κ1) is 20.6. The number of aryl methyl sites for hydroxylation is 1. The van der Waals surface area contributed by atoms with Crippen LogP contribution in [0.4, 0.5) is 0 Å². The molecule has 0 radical (unpaired) electrons. The van der Waals surface area contributed by atoms with E-state index in [-0.39, 0.29) is 0 Å². The normalized spacial score (nSPS) is 11.1. The smallest absolute Gasteiger partial charge is 0.152 e. The van der Waals surface area contributed by atoms with Crippen LogP contribution in [-0.2, 0) is 6.54 Å². The number of rotatable bonds is 6. The van der Waals surface area contributed by atoms with Crippen LogP contribution in [0.5, 0.6) is 11.5 Å². The molecule has 0 aliphatic rings. The molecular weight excluding hydrogens is 416 g/mol. The molecule has 1 N–H and O–H groups in total. The summed E-state index contributed by atoms with van der Waals surface area (Å²) in [5.74, 6) is 2.21. The molecule has 5 aromatic rings. The van der Waals surface area contributed by atoms with E-state index in [9.17, 15) is 0 Å². The molecule has 0 spiro atoms. The van der Waals surface area contributed by atoms with E-state index < -0.39 is 0 Å². The molecule has 0 bridgehead atoms. The summed E-state index contributed by atoms with van der Waals surface area (Å²) in [5.41, 5.74) is 4.01. The van der Waals surface area contributed by atoms with Gasteiger partial charge in [-0.25, -0.2) is 4.68 Å². The highest BCUT2D eigenvalue weighted by molar-refractivity contribution is 5.83. The predicted molar refractivity (Wildman–Crippen MR) is 126 cm³/mol. The minimum absolute atomic E-state index is 0.413. The summed E-state index contributed by atoms with van der Waals surface area (Å²) >= 11 is 0. The van der Waals surface area contributed by atoms with Crippen LogP contribution >= 0.6 is 0 Å². The van der Waals surface area contributed by atoms with Gasteiger partial charge >= 0.3 is 0 Å². The van der Waals surface area contributed by atoms with E-state index in [0.29, 0.717) is 12.0 Å². The van der Waals surface area contributed by atoms with Crippen molar-refractivity contribution in [3.8, 4) is 28.6 Å². The molecule has 3 aromatic heterocycles. The first-order valence-corrected chi connectivity index (χ1v) is 10.6. The van der Waals surface area contributed by atoms with Crippen LogP contribution in [0.2, 0.25) is 0 Å². The molecule has 0 aliphatic carbocycles. The maximum Gasteiger partial charge on any atom is 0.152 e. The van der Waals surface area contributed by atoms with Gasteiger partial charge in [-0.3, -0.25) is 5.41 Å². The zero-order valence-electron chi connectivity index (χ0n) is 18.7. The SMILES string of the molecule is COc1ccc(Cn2ccc3ccc(-n4nc(C)cc4-c4ccco4)cc3c2=N)c(OC)c1. The van der Waals surface area contributed by atoms with E-state index >= 15 is 0 Å². The van der Waals surface area contributed by atoms with Crippen LogP contribution in [0, 0.1) is 12.3 Å². The van der Waals surface area contributed by atoms with Gasteiger partial charge in [-0.05, 0) is 60.8 Å². The number of fused-ring (bicyclic) bond motifs is 1. The number of ether oxygens (including phenoxy) is 2. The highest BCUT2D eigenvalue weighted by atomic mass is 16.5. The Morgan fingerprint density at radius 2 is 1.88 bits per heavy atom. The van der Waals surface area contributed by atoms with Crippen LogP contribution < -0.4 is 15.0 Å². The van der Waals surface area contributed by atoms with Gasteiger partial charge in [0.15, 0.2) is 5.76 Å². The van der Waals surface area contributed by atoms with Gasteiger partial charge in [0.2, 0.25) is 0 Å². The molecule has 0 saturated heterocycles. The number of aromatic nitrogens is 3. The third-order valence-corrected chi connectivity index (χ3v) is 5.70. The molecular formula is C26H24N4O3. The van der Waals surface area contributed by atoms with Crippen molar-refractivity contribution < 1.29 is 13.9 Å². The van der Waals surface area contributed by atoms with Gasteiger partial charge in [-0.2, -0.15) is 5.10 Å². The van der Waals surface area contributed by atoms with E-state index in [0.717, 1.165) is 50.7 Å². The van der Waals surface area contributed by atoms with Gasteiger partial charge in [0.25, 0.3) is 0 Å². The zero-order valence-corrected chi connectivity index (χ0v) is 18.7. The van der Waals surface area contributed by atoms with Crippen LogP contribution in [0.15, 0.2) is 77.5 Å². The molecule has 166 valence electrons. The molecule has 0 amide bonds. The molecule has 0 saturated carbocycles. The number of methoxy groups -OCH3 is 2. The minimum atomic E-state index is 0.413. The number of nitrogens with one attached hydrogen (secondary N) is 1. The second kappa shape index (κ2) is 8.35. The van der Waals surface area contributed by atoms with Crippen LogP contribution in [0.25, 0.3) is 27.9 Å². The summed E-state index contributed by atoms with van der Waals surface area (Å²) in [4.78, 5) is 0. The monoisotopic (exact) mass is 440 g/mol. The average molecular weight is 441 g/mol. The molecule has 0 unspecified atom stereocenters. The van der Waals surface area contributed by atoms with Gasteiger partial charge in [0.05, 0.1) is 38.4 Å². The maximum atomic E-state index is 8.90. The van der Waals surface area contributed by atoms with E-state index in [1.54, 1.807) is 20.5 Å². The topological polar surface area (TPSA) is 78.2 Å². The van der Waals surface area contributed by atoms with Gasteiger partial charge < -0.3 is 18.5 Å². The number of benzene rings is 2. The molecule has 3 heterocycles. The lowest BCUT2D eigenvalue weighted by atomic mass is 10.1. The second-order valence-electron chi connectivity index (χ2n) is 7.80. The largest absolute Gasteiger partial charge is 0.497 e. The molecule has 33 heavy (non-hydrogen) atoms. The highest BCUT2D eigenvalue weighted by Gasteiger charge is 2.13. The van der Waals surface area contributed by atoms with Crippen molar-refractivity contribution in [2.45, 2.75) is 13.5 Å². The summed E-state index contributed by atoms with van der Waals surface area (Å²) in [5, 5.41) is 15.4.